The Morgan fingerprint density at radius 2 is 0.610 bits per heavy atom. The summed E-state index contributed by atoms with van der Waals surface area (Å²) < 4.78 is 5.48. The molecule has 3 N–H and O–H groups in total. The first-order chi connectivity index (χ1) is 40.5. The molecule has 0 aromatic carbocycles. The largest absolute Gasteiger partial charge is 0.466 e. The van der Waals surface area contributed by atoms with Gasteiger partial charge in [0.15, 0.2) is 0 Å². The number of rotatable bonds is 70. The number of hydrogen-bond acceptors (Lipinski definition) is 5. The molecule has 0 heterocycles. The van der Waals surface area contributed by atoms with Gasteiger partial charge in [-0.3, -0.25) is 9.59 Å². The minimum atomic E-state index is -0.849. The van der Waals surface area contributed by atoms with Crippen molar-refractivity contribution in [1.29, 1.82) is 0 Å². The van der Waals surface area contributed by atoms with Crippen molar-refractivity contribution >= 4 is 11.9 Å². The van der Waals surface area contributed by atoms with Gasteiger partial charge in [-0.05, 0) is 64.2 Å². The van der Waals surface area contributed by atoms with Crippen molar-refractivity contribution < 1.29 is 24.5 Å². The van der Waals surface area contributed by atoms with E-state index >= 15 is 0 Å². The molecule has 2 atom stereocenters. The van der Waals surface area contributed by atoms with Gasteiger partial charge in [0.25, 0.3) is 0 Å². The first-order valence-electron chi connectivity index (χ1n) is 37.3. The maximum absolute atomic E-state index is 12.5. The first-order valence-corrected chi connectivity index (χ1v) is 37.3. The van der Waals surface area contributed by atoms with Crippen LogP contribution in [-0.4, -0.2) is 47.4 Å². The average molecular weight is 1150 g/mol. The topological polar surface area (TPSA) is 95.9 Å². The van der Waals surface area contributed by atoms with Crippen LogP contribution in [0.15, 0.2) is 36.5 Å². The van der Waals surface area contributed by atoms with Gasteiger partial charge >= 0.3 is 5.97 Å². The van der Waals surface area contributed by atoms with E-state index in [1.807, 2.05) is 6.08 Å². The van der Waals surface area contributed by atoms with Gasteiger partial charge in [0.05, 0.1) is 25.4 Å². The highest BCUT2D eigenvalue weighted by Crippen LogP contribution is 2.19. The second-order valence-corrected chi connectivity index (χ2v) is 25.6. The average Bonchev–Trinajstić information content (AvgIpc) is 3.48. The Morgan fingerprint density at radius 1 is 0.341 bits per heavy atom. The molecule has 484 valence electrons. The number of aliphatic hydroxyl groups excluding tert-OH is 2. The number of ether oxygens (including phenoxy) is 1. The highest BCUT2D eigenvalue weighted by atomic mass is 16.5. The molecule has 0 fully saturated rings. The maximum atomic E-state index is 12.5. The number of carbonyl (C=O) groups excluding carboxylic acids is 2. The van der Waals surface area contributed by atoms with Crippen LogP contribution in [-0.2, 0) is 14.3 Å². The molecular weight excluding hydrogens is 1010 g/mol. The summed E-state index contributed by atoms with van der Waals surface area (Å²) in [5.74, 6) is -0.0543. The zero-order valence-electron chi connectivity index (χ0n) is 55.5. The fraction of sp³-hybridized carbons (Fsp3) is 0.895. The van der Waals surface area contributed by atoms with E-state index < -0.39 is 12.1 Å². The monoisotopic (exact) mass is 1150 g/mol. The van der Waals surface area contributed by atoms with Crippen LogP contribution in [0.1, 0.15) is 412 Å². The molecule has 0 saturated carbocycles. The van der Waals surface area contributed by atoms with Crippen LogP contribution in [0.4, 0.5) is 0 Å². The summed E-state index contributed by atoms with van der Waals surface area (Å²) in [5, 5.41) is 23.3. The van der Waals surface area contributed by atoms with Crippen LogP contribution in [0.25, 0.3) is 0 Å². The zero-order chi connectivity index (χ0) is 59.2. The molecular formula is C76H145NO5. The molecule has 6 heteroatoms. The number of hydrogen-bond donors (Lipinski definition) is 3. The number of amides is 1. The molecule has 0 bridgehead atoms. The number of esters is 1. The molecule has 0 aromatic rings. The van der Waals surface area contributed by atoms with E-state index in [1.165, 1.54) is 340 Å². The van der Waals surface area contributed by atoms with E-state index in [0.717, 1.165) is 44.9 Å². The quantitative estimate of drug-likeness (QED) is 0.0320. The van der Waals surface area contributed by atoms with Gasteiger partial charge < -0.3 is 20.3 Å². The summed E-state index contributed by atoms with van der Waals surface area (Å²) in [7, 11) is 0. The van der Waals surface area contributed by atoms with E-state index in [9.17, 15) is 19.8 Å². The number of unbranched alkanes of at least 4 members (excludes halogenated alkanes) is 55. The van der Waals surface area contributed by atoms with Crippen LogP contribution in [0.2, 0.25) is 0 Å². The predicted molar refractivity (Wildman–Crippen MR) is 361 cm³/mol. The Bertz CT molecular complexity index is 1330. The maximum Gasteiger partial charge on any atom is 0.305 e. The molecule has 0 radical (unpaired) electrons. The number of allylic oxidation sites excluding steroid dienone is 5. The lowest BCUT2D eigenvalue weighted by atomic mass is 10.0. The number of nitrogens with one attached hydrogen (secondary N) is 1. The molecule has 82 heavy (non-hydrogen) atoms. The smallest absolute Gasteiger partial charge is 0.305 e. The minimum Gasteiger partial charge on any atom is -0.466 e. The van der Waals surface area contributed by atoms with Crippen LogP contribution in [0.5, 0.6) is 0 Å². The molecule has 1 amide bonds. The van der Waals surface area contributed by atoms with Crippen LogP contribution in [0, 0.1) is 0 Å². The Labute approximate surface area is 513 Å². The Morgan fingerprint density at radius 3 is 0.927 bits per heavy atom. The van der Waals surface area contributed by atoms with E-state index in [-0.39, 0.29) is 18.5 Å². The van der Waals surface area contributed by atoms with Crippen molar-refractivity contribution in [3.63, 3.8) is 0 Å². The highest BCUT2D eigenvalue weighted by molar-refractivity contribution is 5.76. The Balaban J connectivity index is 3.44. The Hall–Kier alpha value is -1.92. The Kier molecular flexibility index (Phi) is 69.9. The second kappa shape index (κ2) is 71.6. The van der Waals surface area contributed by atoms with Gasteiger partial charge in [-0.15, -0.1) is 0 Å². The van der Waals surface area contributed by atoms with Gasteiger partial charge in [0, 0.05) is 12.8 Å². The van der Waals surface area contributed by atoms with E-state index in [1.54, 1.807) is 6.08 Å². The molecule has 2 unspecified atom stereocenters. The second-order valence-electron chi connectivity index (χ2n) is 25.6. The highest BCUT2D eigenvalue weighted by Gasteiger charge is 2.18. The van der Waals surface area contributed by atoms with Crippen LogP contribution < -0.4 is 5.32 Å². The van der Waals surface area contributed by atoms with Crippen LogP contribution >= 0.6 is 0 Å². The summed E-state index contributed by atoms with van der Waals surface area (Å²) in [6.07, 6.45) is 92.4. The van der Waals surface area contributed by atoms with E-state index in [4.69, 9.17) is 4.74 Å². The summed E-state index contributed by atoms with van der Waals surface area (Å²) in [6.45, 7) is 4.94. The summed E-state index contributed by atoms with van der Waals surface area (Å²) >= 11 is 0. The fourth-order valence-electron chi connectivity index (χ4n) is 11.7. The minimum absolute atomic E-state index is 0.0124. The lowest BCUT2D eigenvalue weighted by Crippen LogP contribution is -2.45. The zero-order valence-corrected chi connectivity index (χ0v) is 55.5. The van der Waals surface area contributed by atoms with Crippen molar-refractivity contribution in [1.82, 2.24) is 5.32 Å². The first kappa shape index (κ1) is 80.1. The van der Waals surface area contributed by atoms with Gasteiger partial charge in [0.1, 0.15) is 0 Å². The van der Waals surface area contributed by atoms with Gasteiger partial charge in [0.2, 0.25) is 5.91 Å². The van der Waals surface area contributed by atoms with Crippen molar-refractivity contribution in [2.75, 3.05) is 13.2 Å². The van der Waals surface area contributed by atoms with Crippen LogP contribution in [0.3, 0.4) is 0 Å². The third-order valence-corrected chi connectivity index (χ3v) is 17.4. The molecule has 0 aliphatic rings. The normalized spacial score (nSPS) is 12.7. The summed E-state index contributed by atoms with van der Waals surface area (Å²) in [6, 6.07) is -0.632. The number of aliphatic hydroxyl groups is 2. The molecule has 0 rings (SSSR count). The van der Waals surface area contributed by atoms with Crippen molar-refractivity contribution in [2.45, 2.75) is 424 Å². The molecule has 6 nitrogen and oxygen atoms in total. The third kappa shape index (κ3) is 67.2. The van der Waals surface area contributed by atoms with Crippen molar-refractivity contribution in [3.05, 3.63) is 36.5 Å². The predicted octanol–water partition coefficient (Wildman–Crippen LogP) is 24.3. The molecule has 0 spiro atoms. The third-order valence-electron chi connectivity index (χ3n) is 17.4. The molecule has 0 aromatic heterocycles. The van der Waals surface area contributed by atoms with Gasteiger partial charge in [-0.1, -0.05) is 371 Å². The standard InChI is InChI=1S/C76H145NO5/c1-3-5-7-9-11-13-15-17-18-19-20-21-22-26-29-32-35-38-41-45-48-52-56-60-64-68-74(79)73(72-78)77-75(80)69-65-61-57-53-49-46-42-39-36-33-30-27-24-23-25-28-31-34-37-40-43-47-51-55-59-63-67-71-82-76(81)70-66-62-58-54-50-44-16-14-12-10-8-6-4-2/h23-24,28,31,64,68,73-74,78-79H,3-22,25-27,29-30,32-63,65-67,69-72H2,1-2H3,(H,77,80)/b24-23-,31-28-,68-64+. The van der Waals surface area contributed by atoms with E-state index in [0.29, 0.717) is 19.4 Å². The van der Waals surface area contributed by atoms with Gasteiger partial charge in [-0.25, -0.2) is 0 Å². The lowest BCUT2D eigenvalue weighted by Gasteiger charge is -2.20. The molecule has 0 aliphatic heterocycles. The van der Waals surface area contributed by atoms with Crippen molar-refractivity contribution in [3.8, 4) is 0 Å². The molecule has 0 saturated heterocycles. The van der Waals surface area contributed by atoms with Gasteiger partial charge in [-0.2, -0.15) is 0 Å². The SMILES string of the molecule is CCCCCCCCCCCCCCCCCCCCCCCCC/C=C/C(O)C(CO)NC(=O)CCCCCCCCCCCCC/C=C\C/C=C\CCCCCCCCCCCOC(=O)CCCCCCCCCCCCCCC. The summed E-state index contributed by atoms with van der Waals surface area (Å²) in [5.41, 5.74) is 0. The fourth-order valence-corrected chi connectivity index (χ4v) is 11.7. The van der Waals surface area contributed by atoms with E-state index in [2.05, 4.69) is 43.5 Å². The summed E-state index contributed by atoms with van der Waals surface area (Å²) in [4.78, 5) is 24.6. The lowest BCUT2D eigenvalue weighted by molar-refractivity contribution is -0.143. The van der Waals surface area contributed by atoms with Crippen molar-refractivity contribution in [2.24, 2.45) is 0 Å². The number of carbonyl (C=O) groups is 2. The molecule has 0 aliphatic carbocycles.